The molecule has 0 fully saturated rings. The van der Waals surface area contributed by atoms with Crippen LogP contribution in [0.3, 0.4) is 0 Å². The smallest absolute Gasteiger partial charge is 0.335 e. The van der Waals surface area contributed by atoms with Crippen molar-refractivity contribution in [1.29, 1.82) is 0 Å². The fourth-order valence-electron chi connectivity index (χ4n) is 2.11. The molecule has 1 amide bonds. The van der Waals surface area contributed by atoms with Crippen molar-refractivity contribution in [2.45, 2.75) is 13.8 Å². The van der Waals surface area contributed by atoms with E-state index in [1.54, 1.807) is 6.07 Å². The van der Waals surface area contributed by atoms with Crippen LogP contribution >= 0.6 is 15.9 Å². The first kappa shape index (κ1) is 15.3. The number of hydrogen-bond donors (Lipinski definition) is 2. The summed E-state index contributed by atoms with van der Waals surface area (Å²) < 4.78 is 0.632. The molecule has 0 heterocycles. The average molecular weight is 348 g/mol. The summed E-state index contributed by atoms with van der Waals surface area (Å²) in [5.41, 5.74) is 2.90. The fraction of sp³-hybridized carbons (Fsp3) is 0.125. The first-order valence-electron chi connectivity index (χ1n) is 6.30. The van der Waals surface area contributed by atoms with Crippen molar-refractivity contribution >= 4 is 33.5 Å². The van der Waals surface area contributed by atoms with E-state index in [0.717, 1.165) is 11.1 Å². The highest BCUT2D eigenvalue weighted by molar-refractivity contribution is 9.10. The van der Waals surface area contributed by atoms with Gasteiger partial charge in [0, 0.05) is 10.0 Å². The Balaban J connectivity index is 2.36. The third-order valence-corrected chi connectivity index (χ3v) is 3.86. The number of benzene rings is 2. The zero-order chi connectivity index (χ0) is 15.6. The van der Waals surface area contributed by atoms with E-state index in [1.807, 2.05) is 32.0 Å². The van der Waals surface area contributed by atoms with Crippen LogP contribution in [0.5, 0.6) is 0 Å². The predicted molar refractivity (Wildman–Crippen MR) is 85.0 cm³/mol. The molecule has 0 unspecified atom stereocenters. The highest BCUT2D eigenvalue weighted by atomic mass is 79.9. The van der Waals surface area contributed by atoms with Crippen molar-refractivity contribution in [3.63, 3.8) is 0 Å². The first-order valence-corrected chi connectivity index (χ1v) is 7.10. The molecule has 0 aromatic heterocycles. The van der Waals surface area contributed by atoms with Crippen molar-refractivity contribution in [2.24, 2.45) is 0 Å². The minimum atomic E-state index is -1.04. The van der Waals surface area contributed by atoms with E-state index in [0.29, 0.717) is 15.7 Å². The predicted octanol–water partition coefficient (Wildman–Crippen LogP) is 4.02. The molecule has 0 aliphatic rings. The Morgan fingerprint density at radius 1 is 1.10 bits per heavy atom. The number of carboxylic acid groups (broad SMARTS) is 1. The molecule has 2 N–H and O–H groups in total. The number of carboxylic acids is 1. The van der Waals surface area contributed by atoms with Gasteiger partial charge in [0.15, 0.2) is 0 Å². The van der Waals surface area contributed by atoms with Gasteiger partial charge in [-0.3, -0.25) is 4.79 Å². The van der Waals surface area contributed by atoms with Gasteiger partial charge in [-0.1, -0.05) is 18.2 Å². The van der Waals surface area contributed by atoms with Crippen LogP contribution in [0.1, 0.15) is 31.8 Å². The van der Waals surface area contributed by atoms with E-state index in [4.69, 9.17) is 5.11 Å². The number of aryl methyl sites for hydroxylation is 2. The Kier molecular flexibility index (Phi) is 4.43. The van der Waals surface area contributed by atoms with E-state index >= 15 is 0 Å². The molecular weight excluding hydrogens is 334 g/mol. The van der Waals surface area contributed by atoms with Gasteiger partial charge in [0.2, 0.25) is 0 Å². The molecular formula is C16H14BrNO3. The number of aromatic carboxylic acids is 1. The Morgan fingerprint density at radius 3 is 2.29 bits per heavy atom. The standard InChI is InChI=1S/C16H14BrNO3/c1-9-4-3-5-10(2)14(9)15(19)18-13-8-11(16(20)21)6-7-12(13)17/h3-8H,1-2H3,(H,18,19)(H,20,21). The maximum Gasteiger partial charge on any atom is 0.335 e. The highest BCUT2D eigenvalue weighted by Gasteiger charge is 2.14. The van der Waals surface area contributed by atoms with Crippen LogP contribution in [-0.2, 0) is 0 Å². The second kappa shape index (κ2) is 6.10. The molecule has 0 bridgehead atoms. The normalized spacial score (nSPS) is 10.2. The van der Waals surface area contributed by atoms with Gasteiger partial charge in [0.05, 0.1) is 11.3 Å². The first-order chi connectivity index (χ1) is 9.90. The average Bonchev–Trinajstić information content (AvgIpc) is 2.40. The summed E-state index contributed by atoms with van der Waals surface area (Å²) in [6.45, 7) is 3.73. The number of carbonyl (C=O) groups excluding carboxylic acids is 1. The third-order valence-electron chi connectivity index (χ3n) is 3.17. The van der Waals surface area contributed by atoms with Crippen LogP contribution in [0, 0.1) is 13.8 Å². The minimum Gasteiger partial charge on any atom is -0.478 e. The second-order valence-electron chi connectivity index (χ2n) is 4.72. The molecule has 0 radical (unpaired) electrons. The van der Waals surface area contributed by atoms with E-state index in [1.165, 1.54) is 12.1 Å². The lowest BCUT2D eigenvalue weighted by atomic mass is 10.0. The van der Waals surface area contributed by atoms with Gasteiger partial charge in [-0.25, -0.2) is 4.79 Å². The van der Waals surface area contributed by atoms with Gasteiger partial charge < -0.3 is 10.4 Å². The number of halogens is 1. The lowest BCUT2D eigenvalue weighted by Gasteiger charge is -2.12. The maximum atomic E-state index is 12.4. The number of anilines is 1. The van der Waals surface area contributed by atoms with Gasteiger partial charge >= 0.3 is 5.97 Å². The lowest BCUT2D eigenvalue weighted by Crippen LogP contribution is -2.15. The summed E-state index contributed by atoms with van der Waals surface area (Å²) in [4.78, 5) is 23.4. The zero-order valence-corrected chi connectivity index (χ0v) is 13.2. The van der Waals surface area contributed by atoms with Gasteiger partial charge in [0.25, 0.3) is 5.91 Å². The lowest BCUT2D eigenvalue weighted by molar-refractivity contribution is 0.0696. The summed E-state index contributed by atoms with van der Waals surface area (Å²) >= 11 is 3.31. The summed E-state index contributed by atoms with van der Waals surface area (Å²) in [6, 6.07) is 10.1. The SMILES string of the molecule is Cc1cccc(C)c1C(=O)Nc1cc(C(=O)O)ccc1Br. The molecule has 0 spiro atoms. The van der Waals surface area contributed by atoms with E-state index < -0.39 is 5.97 Å². The van der Waals surface area contributed by atoms with Gasteiger partial charge in [-0.05, 0) is 59.1 Å². The van der Waals surface area contributed by atoms with Crippen molar-refractivity contribution in [3.05, 3.63) is 63.1 Å². The molecule has 2 aromatic carbocycles. The van der Waals surface area contributed by atoms with Crippen LogP contribution < -0.4 is 5.32 Å². The largest absolute Gasteiger partial charge is 0.478 e. The minimum absolute atomic E-state index is 0.120. The van der Waals surface area contributed by atoms with E-state index in [-0.39, 0.29) is 11.5 Å². The Hall–Kier alpha value is -2.14. The number of carbonyl (C=O) groups is 2. The molecule has 0 aliphatic carbocycles. The monoisotopic (exact) mass is 347 g/mol. The summed E-state index contributed by atoms with van der Waals surface area (Å²) in [6.07, 6.45) is 0. The number of rotatable bonds is 3. The van der Waals surface area contributed by atoms with Gasteiger partial charge in [-0.2, -0.15) is 0 Å². The Bertz CT molecular complexity index is 705. The number of amides is 1. The van der Waals surface area contributed by atoms with Crippen molar-refractivity contribution in [2.75, 3.05) is 5.32 Å². The molecule has 5 heteroatoms. The van der Waals surface area contributed by atoms with Crippen LogP contribution in [0.2, 0.25) is 0 Å². The molecule has 4 nitrogen and oxygen atoms in total. The quantitative estimate of drug-likeness (QED) is 0.881. The van der Waals surface area contributed by atoms with Gasteiger partial charge in [0.1, 0.15) is 0 Å². The third kappa shape index (κ3) is 3.31. The molecule has 21 heavy (non-hydrogen) atoms. The van der Waals surface area contributed by atoms with Crippen molar-refractivity contribution in [3.8, 4) is 0 Å². The second-order valence-corrected chi connectivity index (χ2v) is 5.58. The topological polar surface area (TPSA) is 66.4 Å². The number of nitrogens with one attached hydrogen (secondary N) is 1. The van der Waals surface area contributed by atoms with Crippen LogP contribution in [-0.4, -0.2) is 17.0 Å². The van der Waals surface area contributed by atoms with Gasteiger partial charge in [-0.15, -0.1) is 0 Å². The van der Waals surface area contributed by atoms with Crippen molar-refractivity contribution in [1.82, 2.24) is 0 Å². The van der Waals surface area contributed by atoms with E-state index in [2.05, 4.69) is 21.2 Å². The van der Waals surface area contributed by atoms with E-state index in [9.17, 15) is 9.59 Å². The molecule has 108 valence electrons. The highest BCUT2D eigenvalue weighted by Crippen LogP contribution is 2.25. The number of hydrogen-bond acceptors (Lipinski definition) is 2. The summed E-state index contributed by atoms with van der Waals surface area (Å²) in [5.74, 6) is -1.29. The molecule has 0 saturated heterocycles. The van der Waals surface area contributed by atoms with Crippen LogP contribution in [0.25, 0.3) is 0 Å². The molecule has 0 aliphatic heterocycles. The molecule has 0 atom stereocenters. The molecule has 2 rings (SSSR count). The Morgan fingerprint density at radius 2 is 1.71 bits per heavy atom. The van der Waals surface area contributed by atoms with Crippen molar-refractivity contribution < 1.29 is 14.7 Å². The zero-order valence-electron chi connectivity index (χ0n) is 11.6. The fourth-order valence-corrected chi connectivity index (χ4v) is 2.46. The van der Waals surface area contributed by atoms with Crippen LogP contribution in [0.15, 0.2) is 40.9 Å². The maximum absolute atomic E-state index is 12.4. The van der Waals surface area contributed by atoms with Crippen LogP contribution in [0.4, 0.5) is 5.69 Å². The Labute approximate surface area is 130 Å². The summed E-state index contributed by atoms with van der Waals surface area (Å²) in [7, 11) is 0. The summed E-state index contributed by atoms with van der Waals surface area (Å²) in [5, 5.41) is 11.8. The molecule has 0 saturated carbocycles. The molecule has 2 aromatic rings.